The van der Waals surface area contributed by atoms with Crippen molar-refractivity contribution >= 4 is 51.0 Å². The highest BCUT2D eigenvalue weighted by Gasteiger charge is 2.40. The van der Waals surface area contributed by atoms with Crippen LogP contribution in [0.15, 0.2) is 91.1 Å². The molecule has 0 bridgehead atoms. The number of hydrogen-bond donors (Lipinski definition) is 2. The minimum absolute atomic E-state index is 0.0442. The van der Waals surface area contributed by atoms with E-state index in [-0.39, 0.29) is 23.5 Å². The summed E-state index contributed by atoms with van der Waals surface area (Å²) in [7, 11) is 2.14. The molecule has 2 N–H and O–H groups in total. The van der Waals surface area contributed by atoms with Gasteiger partial charge in [-0.15, -0.1) is 0 Å². The summed E-state index contributed by atoms with van der Waals surface area (Å²) in [5.41, 5.74) is 6.51. The smallest absolute Gasteiger partial charge is 0.226 e. The minimum atomic E-state index is -0.134. The van der Waals surface area contributed by atoms with Crippen molar-refractivity contribution in [3.63, 3.8) is 0 Å². The van der Waals surface area contributed by atoms with E-state index in [0.717, 1.165) is 27.7 Å². The topological polar surface area (TPSA) is 60.5 Å². The van der Waals surface area contributed by atoms with E-state index in [4.69, 9.17) is 12.2 Å². The maximum atomic E-state index is 13.2. The van der Waals surface area contributed by atoms with Gasteiger partial charge >= 0.3 is 0 Å². The van der Waals surface area contributed by atoms with E-state index in [1.807, 2.05) is 54.7 Å². The fourth-order valence-corrected chi connectivity index (χ4v) is 6.47. The van der Waals surface area contributed by atoms with Gasteiger partial charge in [-0.2, -0.15) is 0 Å². The zero-order valence-corrected chi connectivity index (χ0v) is 24.7. The molecule has 1 amide bonds. The fraction of sp³-hybridized carbons (Fsp3) is 0.265. The molecule has 4 aromatic rings. The summed E-state index contributed by atoms with van der Waals surface area (Å²) < 4.78 is 0. The second kappa shape index (κ2) is 10.6. The van der Waals surface area contributed by atoms with E-state index in [0.29, 0.717) is 18.1 Å². The summed E-state index contributed by atoms with van der Waals surface area (Å²) in [6.45, 7) is 7.12. The Kier molecular flexibility index (Phi) is 6.99. The van der Waals surface area contributed by atoms with Crippen LogP contribution < -0.4 is 15.5 Å². The highest BCUT2D eigenvalue weighted by atomic mass is 32.1. The van der Waals surface area contributed by atoms with Crippen molar-refractivity contribution in [1.82, 2.24) is 15.2 Å². The van der Waals surface area contributed by atoms with Crippen molar-refractivity contribution in [2.45, 2.75) is 44.8 Å². The molecule has 208 valence electrons. The van der Waals surface area contributed by atoms with Gasteiger partial charge in [-0.1, -0.05) is 54.6 Å². The number of nitrogens with one attached hydrogen (secondary N) is 2. The molecule has 0 aliphatic carbocycles. The predicted octanol–water partition coefficient (Wildman–Crippen LogP) is 6.87. The van der Waals surface area contributed by atoms with E-state index in [1.54, 1.807) is 0 Å². The Bertz CT molecular complexity index is 1660. The molecular weight excluding hydrogens is 526 g/mol. The van der Waals surface area contributed by atoms with Crippen LogP contribution in [0.1, 0.15) is 56.1 Å². The van der Waals surface area contributed by atoms with Crippen molar-refractivity contribution in [2.75, 3.05) is 23.8 Å². The monoisotopic (exact) mass is 561 g/mol. The minimum Gasteiger partial charge on any atom is -0.366 e. The van der Waals surface area contributed by atoms with Crippen LogP contribution in [0, 0.1) is 0 Å². The fourth-order valence-electron chi connectivity index (χ4n) is 6.14. The molecule has 2 atom stereocenters. The quantitative estimate of drug-likeness (QED) is 0.251. The Morgan fingerprint density at radius 3 is 2.63 bits per heavy atom. The first-order valence-electron chi connectivity index (χ1n) is 14.1. The summed E-state index contributed by atoms with van der Waals surface area (Å²) in [5, 5.41) is 9.40. The highest BCUT2D eigenvalue weighted by Crippen LogP contribution is 2.43. The summed E-state index contributed by atoms with van der Waals surface area (Å²) >= 11 is 5.87. The molecule has 1 saturated heterocycles. The Morgan fingerprint density at radius 2 is 1.83 bits per heavy atom. The standard InChI is InChI=1S/C34H35N5OS/c1-22-21-34(2,3)38(4)29-16-15-24(20-26(22)29)32-31(28-13-7-8-18-35-28)37-33(41)39(32)19-17-30(40)36-27-14-9-11-23-10-5-6-12-25(23)27/h5-16,18,20-21,31-32H,17,19H2,1-4H3,(H,36,40)(H,37,41)/t31-,32-/m1/s1. The van der Waals surface area contributed by atoms with Crippen LogP contribution in [0.3, 0.4) is 0 Å². The van der Waals surface area contributed by atoms with Crippen molar-refractivity contribution in [3.8, 4) is 0 Å². The van der Waals surface area contributed by atoms with Gasteiger partial charge in [-0.25, -0.2) is 0 Å². The molecule has 3 aromatic carbocycles. The number of thiocarbonyl (C=S) groups is 1. The van der Waals surface area contributed by atoms with Crippen LogP contribution in [-0.4, -0.2) is 40.0 Å². The molecule has 0 unspecified atom stereocenters. The van der Waals surface area contributed by atoms with Gasteiger partial charge in [-0.05, 0) is 79.8 Å². The molecule has 41 heavy (non-hydrogen) atoms. The summed E-state index contributed by atoms with van der Waals surface area (Å²) in [4.78, 5) is 22.4. The number of carbonyl (C=O) groups excluding carboxylic acids is 1. The van der Waals surface area contributed by atoms with Gasteiger partial charge in [0.2, 0.25) is 5.91 Å². The SMILES string of the molecule is CC1=CC(C)(C)N(C)c2ccc([C@@H]3[C@@H](c4ccccn4)NC(=S)N3CCC(=O)Nc3cccc4ccccc34)cc21. The molecule has 7 heteroatoms. The van der Waals surface area contributed by atoms with Gasteiger partial charge in [0.05, 0.1) is 23.3 Å². The average Bonchev–Trinajstić information content (AvgIpc) is 3.31. The molecule has 3 heterocycles. The Balaban J connectivity index is 1.30. The zero-order valence-electron chi connectivity index (χ0n) is 23.9. The first kappa shape index (κ1) is 27.0. The number of anilines is 2. The van der Waals surface area contributed by atoms with Crippen molar-refractivity contribution in [3.05, 3.63) is 108 Å². The first-order valence-corrected chi connectivity index (χ1v) is 14.5. The van der Waals surface area contributed by atoms with E-state index >= 15 is 0 Å². The van der Waals surface area contributed by atoms with Gasteiger partial charge < -0.3 is 20.4 Å². The van der Waals surface area contributed by atoms with Crippen LogP contribution in [0.4, 0.5) is 11.4 Å². The lowest BCUT2D eigenvalue weighted by molar-refractivity contribution is -0.116. The maximum Gasteiger partial charge on any atom is 0.226 e. The molecule has 2 aliphatic rings. The Hall–Kier alpha value is -4.23. The summed E-state index contributed by atoms with van der Waals surface area (Å²) in [6, 6.07) is 26.4. The molecule has 1 aromatic heterocycles. The molecule has 0 radical (unpaired) electrons. The lowest BCUT2D eigenvalue weighted by atomic mass is 9.86. The number of amides is 1. The van der Waals surface area contributed by atoms with E-state index < -0.39 is 0 Å². The lowest BCUT2D eigenvalue weighted by Gasteiger charge is -2.41. The van der Waals surface area contributed by atoms with E-state index in [9.17, 15) is 4.79 Å². The number of hydrogen-bond acceptors (Lipinski definition) is 4. The van der Waals surface area contributed by atoms with Crippen molar-refractivity contribution < 1.29 is 4.79 Å². The molecule has 1 fully saturated rings. The van der Waals surface area contributed by atoms with Crippen LogP contribution >= 0.6 is 12.2 Å². The van der Waals surface area contributed by atoms with E-state index in [1.165, 1.54) is 16.8 Å². The number of aromatic nitrogens is 1. The van der Waals surface area contributed by atoms with Gasteiger partial charge in [0, 0.05) is 48.5 Å². The van der Waals surface area contributed by atoms with Crippen LogP contribution in [-0.2, 0) is 4.79 Å². The average molecular weight is 562 g/mol. The second-order valence-corrected chi connectivity index (χ2v) is 11.8. The number of allylic oxidation sites excluding steroid dienone is 1. The molecule has 6 rings (SSSR count). The van der Waals surface area contributed by atoms with Crippen LogP contribution in [0.2, 0.25) is 0 Å². The van der Waals surface area contributed by atoms with Gasteiger partial charge in [-0.3, -0.25) is 9.78 Å². The number of pyridine rings is 1. The van der Waals surface area contributed by atoms with Gasteiger partial charge in [0.1, 0.15) is 0 Å². The Labute approximate surface area is 247 Å². The molecule has 0 saturated carbocycles. The lowest BCUT2D eigenvalue weighted by Crippen LogP contribution is -2.42. The number of rotatable bonds is 6. The van der Waals surface area contributed by atoms with Gasteiger partial charge in [0.25, 0.3) is 0 Å². The number of nitrogens with zero attached hydrogens (tertiary/aromatic N) is 3. The third kappa shape index (κ3) is 5.06. The van der Waals surface area contributed by atoms with Crippen LogP contribution in [0.5, 0.6) is 0 Å². The normalized spacial score (nSPS) is 19.5. The second-order valence-electron chi connectivity index (χ2n) is 11.5. The summed E-state index contributed by atoms with van der Waals surface area (Å²) in [6.07, 6.45) is 4.44. The largest absolute Gasteiger partial charge is 0.366 e. The third-order valence-corrected chi connectivity index (χ3v) is 8.78. The maximum absolute atomic E-state index is 13.2. The molecular formula is C34H35N5OS. The number of likely N-dealkylation sites (N-methyl/N-ethyl adjacent to an activating group) is 1. The predicted molar refractivity (Wildman–Crippen MR) is 172 cm³/mol. The van der Waals surface area contributed by atoms with Crippen molar-refractivity contribution in [2.24, 2.45) is 0 Å². The first-order chi connectivity index (χ1) is 19.7. The van der Waals surface area contributed by atoms with E-state index in [2.05, 4.69) is 89.6 Å². The molecule has 2 aliphatic heterocycles. The highest BCUT2D eigenvalue weighted by molar-refractivity contribution is 7.80. The number of fused-ring (bicyclic) bond motifs is 2. The molecule has 0 spiro atoms. The summed E-state index contributed by atoms with van der Waals surface area (Å²) in [5.74, 6) is -0.0442. The Morgan fingerprint density at radius 1 is 1.05 bits per heavy atom. The van der Waals surface area contributed by atoms with Crippen LogP contribution in [0.25, 0.3) is 16.3 Å². The number of benzene rings is 3. The molecule has 6 nitrogen and oxygen atoms in total. The zero-order chi connectivity index (χ0) is 28.7. The van der Waals surface area contributed by atoms with Gasteiger partial charge in [0.15, 0.2) is 5.11 Å². The third-order valence-electron chi connectivity index (χ3n) is 8.42. The number of carbonyl (C=O) groups is 1. The van der Waals surface area contributed by atoms with Crippen molar-refractivity contribution in [1.29, 1.82) is 0 Å².